The highest BCUT2D eigenvalue weighted by Gasteiger charge is 2.25. The zero-order chi connectivity index (χ0) is 13.7. The number of aromatic amines is 1. The van der Waals surface area contributed by atoms with Gasteiger partial charge in [0.05, 0.1) is 6.04 Å². The van der Waals surface area contributed by atoms with Crippen molar-refractivity contribution in [2.24, 2.45) is 0 Å². The Morgan fingerprint density at radius 2 is 1.85 bits per heavy atom. The van der Waals surface area contributed by atoms with E-state index in [1.165, 1.54) is 39.0 Å². The minimum absolute atomic E-state index is 0.378. The molecule has 3 aromatic rings. The number of hydrogen-bond acceptors (Lipinski definition) is 1. The molecule has 0 fully saturated rings. The third-order valence-corrected chi connectivity index (χ3v) is 4.40. The van der Waals surface area contributed by atoms with Gasteiger partial charge < -0.3 is 10.3 Å². The molecule has 1 aromatic heterocycles. The third kappa shape index (κ3) is 1.58. The third-order valence-electron chi connectivity index (χ3n) is 4.40. The number of anilines is 1. The van der Waals surface area contributed by atoms with Crippen LogP contribution in [0.3, 0.4) is 0 Å². The van der Waals surface area contributed by atoms with Gasteiger partial charge in [-0.1, -0.05) is 36.4 Å². The van der Waals surface area contributed by atoms with Crippen molar-refractivity contribution in [3.8, 4) is 0 Å². The molecule has 0 saturated carbocycles. The number of H-pyrrole nitrogens is 1. The maximum Gasteiger partial charge on any atom is 0.0578 e. The lowest BCUT2D eigenvalue weighted by atomic mass is 9.99. The molecule has 2 heterocycles. The molecule has 4 rings (SSSR count). The number of rotatable bonds is 1. The molecule has 0 spiro atoms. The van der Waals surface area contributed by atoms with Crippen molar-refractivity contribution < 1.29 is 0 Å². The topological polar surface area (TPSA) is 27.8 Å². The van der Waals surface area contributed by atoms with Gasteiger partial charge in [0.25, 0.3) is 0 Å². The maximum atomic E-state index is 3.67. The summed E-state index contributed by atoms with van der Waals surface area (Å²) in [5.74, 6) is 0. The highest BCUT2D eigenvalue weighted by atomic mass is 15.0. The monoisotopic (exact) mass is 262 g/mol. The molecule has 0 unspecified atom stereocenters. The fourth-order valence-electron chi connectivity index (χ4n) is 3.44. The second-order valence-electron chi connectivity index (χ2n) is 5.72. The second-order valence-corrected chi connectivity index (χ2v) is 5.72. The molecule has 0 bridgehead atoms. The minimum atomic E-state index is 0.378. The molecule has 0 saturated heterocycles. The molecular formula is C18H18N2. The Kier molecular flexibility index (Phi) is 2.40. The average Bonchev–Trinajstić information content (AvgIpc) is 2.99. The van der Waals surface area contributed by atoms with E-state index in [1.54, 1.807) is 0 Å². The van der Waals surface area contributed by atoms with Crippen LogP contribution in [0.1, 0.15) is 28.4 Å². The number of aromatic nitrogens is 1. The Labute approximate surface area is 118 Å². The zero-order valence-corrected chi connectivity index (χ0v) is 11.8. The highest BCUT2D eigenvalue weighted by molar-refractivity contribution is 5.88. The first-order chi connectivity index (χ1) is 9.74. The van der Waals surface area contributed by atoms with Crippen molar-refractivity contribution in [3.63, 3.8) is 0 Å². The molecule has 0 radical (unpaired) electrons. The molecule has 2 heteroatoms. The molecule has 100 valence electrons. The normalized spacial score (nSPS) is 17.2. The van der Waals surface area contributed by atoms with Crippen molar-refractivity contribution >= 4 is 16.6 Å². The van der Waals surface area contributed by atoms with Crippen molar-refractivity contribution in [1.82, 2.24) is 4.98 Å². The summed E-state index contributed by atoms with van der Waals surface area (Å²) in [5, 5.41) is 5.02. The average molecular weight is 262 g/mol. The first kappa shape index (κ1) is 11.6. The zero-order valence-electron chi connectivity index (χ0n) is 11.8. The summed E-state index contributed by atoms with van der Waals surface area (Å²) in [6.45, 7) is 4.35. The van der Waals surface area contributed by atoms with E-state index in [1.807, 2.05) is 0 Å². The van der Waals surface area contributed by atoms with Crippen LogP contribution in [-0.4, -0.2) is 4.98 Å². The van der Waals surface area contributed by atoms with Crippen LogP contribution in [0.15, 0.2) is 42.5 Å². The van der Waals surface area contributed by atoms with E-state index in [2.05, 4.69) is 66.6 Å². The summed E-state index contributed by atoms with van der Waals surface area (Å²) in [6.07, 6.45) is 1.07. The van der Waals surface area contributed by atoms with Gasteiger partial charge in [-0.2, -0.15) is 0 Å². The van der Waals surface area contributed by atoms with Crippen LogP contribution in [0, 0.1) is 13.8 Å². The standard InChI is InChI=1S/C18H18N2/c1-11-6-5-8-14-17(12(2)19-18(11)14)16-10-13-7-3-4-9-15(13)20-16/h3-9,16,19-20H,10H2,1-2H3/t16-/m1/s1. The molecule has 0 aliphatic carbocycles. The first-order valence-electron chi connectivity index (χ1n) is 7.16. The van der Waals surface area contributed by atoms with Crippen LogP contribution in [0.4, 0.5) is 5.69 Å². The fraction of sp³-hybridized carbons (Fsp3) is 0.222. The van der Waals surface area contributed by atoms with E-state index in [0.29, 0.717) is 6.04 Å². The van der Waals surface area contributed by atoms with Crippen LogP contribution in [0.25, 0.3) is 10.9 Å². The van der Waals surface area contributed by atoms with Gasteiger partial charge >= 0.3 is 0 Å². The summed E-state index contributed by atoms with van der Waals surface area (Å²) < 4.78 is 0. The van der Waals surface area contributed by atoms with Crippen molar-refractivity contribution in [2.75, 3.05) is 5.32 Å². The van der Waals surface area contributed by atoms with Crippen LogP contribution in [0.5, 0.6) is 0 Å². The summed E-state index contributed by atoms with van der Waals surface area (Å²) in [6, 6.07) is 15.5. The van der Waals surface area contributed by atoms with Gasteiger partial charge in [0.15, 0.2) is 0 Å². The SMILES string of the molecule is Cc1[nH]c2c(C)cccc2c1[C@H]1Cc2ccccc2N1. The smallest absolute Gasteiger partial charge is 0.0578 e. The Hall–Kier alpha value is -2.22. The number of fused-ring (bicyclic) bond motifs is 2. The molecule has 2 N–H and O–H groups in total. The lowest BCUT2D eigenvalue weighted by Gasteiger charge is -2.12. The Morgan fingerprint density at radius 3 is 2.70 bits per heavy atom. The van der Waals surface area contributed by atoms with Gasteiger partial charge in [0.2, 0.25) is 0 Å². The second kappa shape index (κ2) is 4.14. The van der Waals surface area contributed by atoms with Gasteiger partial charge in [0.1, 0.15) is 0 Å². The van der Waals surface area contributed by atoms with Gasteiger partial charge in [-0.3, -0.25) is 0 Å². The number of aryl methyl sites for hydroxylation is 2. The molecule has 20 heavy (non-hydrogen) atoms. The van der Waals surface area contributed by atoms with E-state index in [9.17, 15) is 0 Å². The maximum absolute atomic E-state index is 3.67. The van der Waals surface area contributed by atoms with E-state index in [0.717, 1.165) is 6.42 Å². The number of hydrogen-bond donors (Lipinski definition) is 2. The predicted octanol–water partition coefficient (Wildman–Crippen LogP) is 4.49. The quantitative estimate of drug-likeness (QED) is 0.664. The summed E-state index contributed by atoms with van der Waals surface area (Å²) >= 11 is 0. The molecular weight excluding hydrogens is 244 g/mol. The molecule has 2 nitrogen and oxygen atoms in total. The predicted molar refractivity (Wildman–Crippen MR) is 84.3 cm³/mol. The van der Waals surface area contributed by atoms with Crippen molar-refractivity contribution in [3.05, 3.63) is 64.8 Å². The van der Waals surface area contributed by atoms with Crippen LogP contribution in [0.2, 0.25) is 0 Å². The molecule has 1 aliphatic heterocycles. The van der Waals surface area contributed by atoms with Gasteiger partial charge in [0, 0.05) is 27.8 Å². The Bertz CT molecular complexity index is 773. The Balaban J connectivity index is 1.85. The molecule has 1 atom stereocenters. The summed E-state index contributed by atoms with van der Waals surface area (Å²) in [7, 11) is 0. The van der Waals surface area contributed by atoms with Crippen molar-refractivity contribution in [2.45, 2.75) is 26.3 Å². The van der Waals surface area contributed by atoms with Crippen LogP contribution < -0.4 is 5.32 Å². The minimum Gasteiger partial charge on any atom is -0.378 e. The molecule has 2 aromatic carbocycles. The fourth-order valence-corrected chi connectivity index (χ4v) is 3.44. The van der Waals surface area contributed by atoms with E-state index >= 15 is 0 Å². The number of para-hydroxylation sites is 2. The lowest BCUT2D eigenvalue weighted by Crippen LogP contribution is -2.06. The van der Waals surface area contributed by atoms with Gasteiger partial charge in [-0.25, -0.2) is 0 Å². The lowest BCUT2D eigenvalue weighted by molar-refractivity contribution is 0.822. The first-order valence-corrected chi connectivity index (χ1v) is 7.16. The van der Waals surface area contributed by atoms with Crippen LogP contribution in [-0.2, 0) is 6.42 Å². The summed E-state index contributed by atoms with van der Waals surface area (Å²) in [5.41, 5.74) is 7.97. The van der Waals surface area contributed by atoms with E-state index < -0.39 is 0 Å². The van der Waals surface area contributed by atoms with E-state index in [-0.39, 0.29) is 0 Å². The highest BCUT2D eigenvalue weighted by Crippen LogP contribution is 2.38. The number of benzene rings is 2. The molecule has 1 aliphatic rings. The largest absolute Gasteiger partial charge is 0.378 e. The van der Waals surface area contributed by atoms with Gasteiger partial charge in [-0.15, -0.1) is 0 Å². The summed E-state index contributed by atoms with van der Waals surface area (Å²) in [4.78, 5) is 3.56. The molecule has 0 amide bonds. The van der Waals surface area contributed by atoms with Crippen molar-refractivity contribution in [1.29, 1.82) is 0 Å². The number of nitrogens with one attached hydrogen (secondary N) is 2. The van der Waals surface area contributed by atoms with Crippen LogP contribution >= 0.6 is 0 Å². The van der Waals surface area contributed by atoms with Gasteiger partial charge in [-0.05, 0) is 37.5 Å². The Morgan fingerprint density at radius 1 is 1.00 bits per heavy atom. The van der Waals surface area contributed by atoms with E-state index in [4.69, 9.17) is 0 Å².